The van der Waals surface area contributed by atoms with E-state index in [-0.39, 0.29) is 12.8 Å². The molecular formula is C27H30FN7O8. The molecule has 0 radical (unpaired) electrons. The van der Waals surface area contributed by atoms with E-state index in [1.54, 1.807) is 47.3 Å². The molecule has 0 aliphatic rings. The van der Waals surface area contributed by atoms with Crippen molar-refractivity contribution in [3.63, 3.8) is 0 Å². The zero-order valence-electron chi connectivity index (χ0n) is 22.7. The van der Waals surface area contributed by atoms with Crippen LogP contribution in [0.25, 0.3) is 5.69 Å². The van der Waals surface area contributed by atoms with Gasteiger partial charge < -0.3 is 36.6 Å². The number of anilines is 2. The number of alkyl halides is 1. The molecule has 0 aliphatic heterocycles. The number of hydrogen-bond donors (Lipinski definition) is 7. The second-order valence-corrected chi connectivity index (χ2v) is 9.31. The molecule has 0 saturated heterocycles. The van der Waals surface area contributed by atoms with Gasteiger partial charge in [0.25, 0.3) is 0 Å². The first-order valence-electron chi connectivity index (χ1n) is 13.0. The van der Waals surface area contributed by atoms with E-state index in [4.69, 9.17) is 10.2 Å². The van der Waals surface area contributed by atoms with Gasteiger partial charge in [0.2, 0.25) is 0 Å². The number of urea groups is 2. The average molecular weight is 600 g/mol. The van der Waals surface area contributed by atoms with Gasteiger partial charge in [0.15, 0.2) is 0 Å². The molecule has 0 saturated carbocycles. The van der Waals surface area contributed by atoms with Crippen LogP contribution in [0.3, 0.4) is 0 Å². The van der Waals surface area contributed by atoms with Crippen LogP contribution in [-0.2, 0) is 27.2 Å². The standard InChI is InChI=1S/C27H30FN7O8/c28-13-1-2-19-15-35(34-33-19)20-9-7-18(8-10-20)30-26(42)29-17-5-3-16(4-6-17)14-22(25(40)41)32-27(43)31-21(24(38)39)11-12-23(36)37/h3-10,15,21-22H,1-2,11-14H2,(H,36,37)(H,38,39)(H,40,41)(H2,29,30,42)(H2,31,32,43)/t21?,22-/m0/s1. The number of rotatable bonds is 15. The first kappa shape index (κ1) is 32.0. The van der Waals surface area contributed by atoms with Gasteiger partial charge in [-0.05, 0) is 61.2 Å². The van der Waals surface area contributed by atoms with Crippen LogP contribution in [0, 0.1) is 0 Å². The van der Waals surface area contributed by atoms with Crippen LogP contribution < -0.4 is 21.3 Å². The minimum Gasteiger partial charge on any atom is -0.481 e. The largest absolute Gasteiger partial charge is 0.481 e. The molecule has 1 heterocycles. The third-order valence-corrected chi connectivity index (χ3v) is 6.00. The fourth-order valence-corrected chi connectivity index (χ4v) is 3.82. The van der Waals surface area contributed by atoms with Crippen LogP contribution in [0.2, 0.25) is 0 Å². The Morgan fingerprint density at radius 3 is 1.95 bits per heavy atom. The van der Waals surface area contributed by atoms with E-state index in [0.717, 1.165) is 0 Å². The maximum Gasteiger partial charge on any atom is 0.326 e. The number of halogens is 1. The smallest absolute Gasteiger partial charge is 0.326 e. The summed E-state index contributed by atoms with van der Waals surface area (Å²) in [7, 11) is 0. The summed E-state index contributed by atoms with van der Waals surface area (Å²) in [5.74, 6) is -4.08. The summed E-state index contributed by atoms with van der Waals surface area (Å²) in [6, 6.07) is 8.41. The fourth-order valence-electron chi connectivity index (χ4n) is 3.82. The molecule has 3 rings (SSSR count). The van der Waals surface area contributed by atoms with Gasteiger partial charge in [0, 0.05) is 24.2 Å². The van der Waals surface area contributed by atoms with Gasteiger partial charge in [-0.2, -0.15) is 0 Å². The molecule has 1 unspecified atom stereocenters. The van der Waals surface area contributed by atoms with E-state index in [2.05, 4.69) is 31.6 Å². The van der Waals surface area contributed by atoms with E-state index in [1.165, 1.54) is 12.1 Å². The highest BCUT2D eigenvalue weighted by atomic mass is 19.1. The molecule has 0 spiro atoms. The number of aryl methyl sites for hydroxylation is 1. The Balaban J connectivity index is 1.51. The minimum atomic E-state index is -1.51. The Labute approximate surface area is 244 Å². The highest BCUT2D eigenvalue weighted by Gasteiger charge is 2.25. The van der Waals surface area contributed by atoms with Gasteiger partial charge in [0.05, 0.1) is 24.3 Å². The Hall–Kier alpha value is -5.54. The van der Waals surface area contributed by atoms with Crippen molar-refractivity contribution in [3.05, 3.63) is 66.0 Å². The molecule has 2 atom stereocenters. The topological polar surface area (TPSA) is 225 Å². The lowest BCUT2D eigenvalue weighted by molar-refractivity contribution is -0.140. The first-order valence-corrected chi connectivity index (χ1v) is 13.0. The number of amides is 4. The summed E-state index contributed by atoms with van der Waals surface area (Å²) in [4.78, 5) is 58.3. The van der Waals surface area contributed by atoms with Crippen LogP contribution in [0.15, 0.2) is 54.7 Å². The molecule has 228 valence electrons. The van der Waals surface area contributed by atoms with Crippen molar-refractivity contribution in [2.45, 2.75) is 44.2 Å². The van der Waals surface area contributed by atoms with E-state index in [0.29, 0.717) is 41.2 Å². The molecule has 7 N–H and O–H groups in total. The van der Waals surface area contributed by atoms with E-state index in [1.807, 2.05) is 0 Å². The van der Waals surface area contributed by atoms with Gasteiger partial charge in [-0.25, -0.2) is 23.9 Å². The van der Waals surface area contributed by atoms with Gasteiger partial charge in [-0.1, -0.05) is 17.3 Å². The lowest BCUT2D eigenvalue weighted by Gasteiger charge is -2.18. The fraction of sp³-hybridized carbons (Fsp3) is 0.296. The summed E-state index contributed by atoms with van der Waals surface area (Å²) in [6.07, 6.45) is 1.52. The van der Waals surface area contributed by atoms with Crippen molar-refractivity contribution in [1.29, 1.82) is 0 Å². The monoisotopic (exact) mass is 599 g/mol. The van der Waals surface area contributed by atoms with Crippen LogP contribution in [0.5, 0.6) is 0 Å². The van der Waals surface area contributed by atoms with Gasteiger partial charge in [-0.15, -0.1) is 5.10 Å². The van der Waals surface area contributed by atoms with Gasteiger partial charge in [-0.3, -0.25) is 9.18 Å². The number of aliphatic carboxylic acids is 3. The summed E-state index contributed by atoms with van der Waals surface area (Å²) in [6.45, 7) is -0.431. The maximum absolute atomic E-state index is 12.4. The van der Waals surface area contributed by atoms with Crippen LogP contribution in [0.4, 0.5) is 25.4 Å². The van der Waals surface area contributed by atoms with Crippen molar-refractivity contribution in [1.82, 2.24) is 25.6 Å². The number of benzene rings is 2. The highest BCUT2D eigenvalue weighted by molar-refractivity contribution is 5.99. The number of nitrogens with one attached hydrogen (secondary N) is 4. The van der Waals surface area contributed by atoms with E-state index in [9.17, 15) is 33.5 Å². The van der Waals surface area contributed by atoms with Crippen molar-refractivity contribution in [2.75, 3.05) is 17.3 Å². The number of carboxylic acids is 3. The molecule has 4 amide bonds. The Morgan fingerprint density at radius 2 is 1.40 bits per heavy atom. The zero-order valence-corrected chi connectivity index (χ0v) is 22.7. The van der Waals surface area contributed by atoms with Crippen LogP contribution in [-0.4, -0.2) is 79.0 Å². The zero-order chi connectivity index (χ0) is 31.4. The third kappa shape index (κ3) is 10.4. The molecule has 0 fully saturated rings. The van der Waals surface area contributed by atoms with Crippen molar-refractivity contribution in [2.24, 2.45) is 0 Å². The molecule has 43 heavy (non-hydrogen) atoms. The SMILES string of the molecule is O=C(O)CCC(NC(=O)N[C@@H](Cc1ccc(NC(=O)Nc2ccc(-n3cc(CCCF)nn3)cc2)cc1)C(=O)O)C(=O)O. The van der Waals surface area contributed by atoms with Gasteiger partial charge in [0.1, 0.15) is 12.1 Å². The summed E-state index contributed by atoms with van der Waals surface area (Å²) < 4.78 is 13.9. The highest BCUT2D eigenvalue weighted by Crippen LogP contribution is 2.15. The number of carboxylic acid groups (broad SMARTS) is 3. The summed E-state index contributed by atoms with van der Waals surface area (Å²) in [5, 5.41) is 45.0. The molecule has 1 aromatic heterocycles. The Bertz CT molecular complexity index is 1430. The van der Waals surface area contributed by atoms with Crippen molar-refractivity contribution in [3.8, 4) is 5.69 Å². The number of aromatic nitrogens is 3. The number of carbonyl (C=O) groups is 5. The predicted octanol–water partition coefficient (Wildman–Crippen LogP) is 2.43. The summed E-state index contributed by atoms with van der Waals surface area (Å²) >= 11 is 0. The van der Waals surface area contributed by atoms with Crippen LogP contribution >= 0.6 is 0 Å². The van der Waals surface area contributed by atoms with Crippen molar-refractivity contribution >= 4 is 41.3 Å². The van der Waals surface area contributed by atoms with E-state index >= 15 is 0 Å². The van der Waals surface area contributed by atoms with Gasteiger partial charge >= 0.3 is 30.0 Å². The Morgan fingerprint density at radius 1 is 0.814 bits per heavy atom. The third-order valence-electron chi connectivity index (χ3n) is 6.00. The molecule has 16 heteroatoms. The number of hydrogen-bond acceptors (Lipinski definition) is 7. The quantitative estimate of drug-likeness (QED) is 0.135. The second kappa shape index (κ2) is 15.5. The summed E-state index contributed by atoms with van der Waals surface area (Å²) in [5.41, 5.74) is 2.77. The Kier molecular flexibility index (Phi) is 11.5. The molecular weight excluding hydrogens is 569 g/mol. The number of carbonyl (C=O) groups excluding carboxylic acids is 2. The van der Waals surface area contributed by atoms with Crippen molar-refractivity contribution < 1.29 is 43.7 Å². The predicted molar refractivity (Wildman–Crippen MR) is 150 cm³/mol. The van der Waals surface area contributed by atoms with E-state index < -0.39 is 55.1 Å². The number of nitrogens with zero attached hydrogens (tertiary/aromatic N) is 3. The second-order valence-electron chi connectivity index (χ2n) is 9.31. The molecule has 0 aliphatic carbocycles. The minimum absolute atomic E-state index is 0.155. The lowest BCUT2D eigenvalue weighted by Crippen LogP contribution is -2.51. The average Bonchev–Trinajstić information content (AvgIpc) is 3.44. The normalized spacial score (nSPS) is 12.0. The molecule has 15 nitrogen and oxygen atoms in total. The molecule has 2 aromatic carbocycles. The maximum atomic E-state index is 12.4. The first-order chi connectivity index (χ1) is 20.5. The lowest BCUT2D eigenvalue weighted by atomic mass is 10.1. The molecule has 3 aromatic rings. The van der Waals surface area contributed by atoms with Crippen LogP contribution in [0.1, 0.15) is 30.5 Å². The molecule has 0 bridgehead atoms.